The molecule has 7 heterocycles. The van der Waals surface area contributed by atoms with Gasteiger partial charge in [-0.15, -0.1) is 12.4 Å². The molecule has 0 bridgehead atoms. The van der Waals surface area contributed by atoms with Crippen molar-refractivity contribution in [2.45, 2.75) is 130 Å². The Balaban J connectivity index is 0.000000197. The summed E-state index contributed by atoms with van der Waals surface area (Å²) in [5.41, 5.74) is 15.8. The number of benzene rings is 7. The molecule has 3 amide bonds. The Morgan fingerprint density at radius 1 is 0.545 bits per heavy atom. The highest BCUT2D eigenvalue weighted by atomic mass is 35.5. The Morgan fingerprint density at radius 3 is 1.46 bits per heavy atom. The van der Waals surface area contributed by atoms with E-state index in [0.717, 1.165) is 117 Å². The molecular formula is C82H100Cl2N12O11S3. The third kappa shape index (κ3) is 22.3. The van der Waals surface area contributed by atoms with Crippen LogP contribution < -0.4 is 38.7 Å². The number of hydrogen-bond acceptors (Lipinski definition) is 17. The molecule has 110 heavy (non-hydrogen) atoms. The Hall–Kier alpha value is -9.25. The molecule has 586 valence electrons. The number of carboxylic acid groups (broad SMARTS) is 2. The molecular weight excluding hydrogens is 1500 g/mol. The molecule has 3 aromatic heterocycles. The summed E-state index contributed by atoms with van der Waals surface area (Å²) in [6, 6.07) is 60.7. The van der Waals surface area contributed by atoms with Gasteiger partial charge in [-0.2, -0.15) is 0 Å². The Kier molecular flexibility index (Phi) is 32.9. The molecule has 8 N–H and O–H groups in total. The first-order chi connectivity index (χ1) is 51.8. The van der Waals surface area contributed by atoms with Crippen molar-refractivity contribution >= 4 is 122 Å². The van der Waals surface area contributed by atoms with Crippen LogP contribution in [0.15, 0.2) is 197 Å². The number of para-hydroxylation sites is 6. The molecule has 0 unspecified atom stereocenters. The van der Waals surface area contributed by atoms with Crippen molar-refractivity contribution in [3.8, 4) is 22.3 Å². The van der Waals surface area contributed by atoms with Gasteiger partial charge in [0.15, 0.2) is 21.3 Å². The van der Waals surface area contributed by atoms with Crippen LogP contribution in [0.2, 0.25) is 0 Å². The van der Waals surface area contributed by atoms with Gasteiger partial charge in [0.1, 0.15) is 27.9 Å². The number of likely N-dealkylation sites (tertiary alicyclic amines) is 2. The highest BCUT2D eigenvalue weighted by Crippen LogP contribution is 2.34. The van der Waals surface area contributed by atoms with Crippen LogP contribution in [0.1, 0.15) is 90.2 Å². The number of thioether (sulfide) groups is 3. The second-order valence-electron chi connectivity index (χ2n) is 27.5. The van der Waals surface area contributed by atoms with Crippen LogP contribution in [0.25, 0.3) is 55.4 Å². The summed E-state index contributed by atoms with van der Waals surface area (Å²) in [5.74, 6) is -1.66. The number of aromatic amines is 1. The van der Waals surface area contributed by atoms with Crippen LogP contribution >= 0.6 is 47.7 Å². The van der Waals surface area contributed by atoms with Gasteiger partial charge in [0.25, 0.3) is 0 Å². The van der Waals surface area contributed by atoms with Gasteiger partial charge in [-0.25, -0.2) is 24.3 Å². The van der Waals surface area contributed by atoms with Gasteiger partial charge in [-0.05, 0) is 186 Å². The number of rotatable bonds is 18. The summed E-state index contributed by atoms with van der Waals surface area (Å²) in [6.07, 6.45) is 6.61. The summed E-state index contributed by atoms with van der Waals surface area (Å²) in [5, 5.41) is 28.8. The van der Waals surface area contributed by atoms with Gasteiger partial charge in [0.05, 0.1) is 54.8 Å². The van der Waals surface area contributed by atoms with E-state index in [2.05, 4.69) is 84.2 Å². The predicted octanol–water partition coefficient (Wildman–Crippen LogP) is 9.17. The van der Waals surface area contributed by atoms with Crippen LogP contribution in [0.3, 0.4) is 0 Å². The summed E-state index contributed by atoms with van der Waals surface area (Å²) in [6.45, 7) is 11.2. The number of methoxy groups -OCH3 is 2. The number of nitrogens with two attached hydrogens (primary N) is 1. The van der Waals surface area contributed by atoms with Crippen molar-refractivity contribution < 1.29 is 70.2 Å². The average Bonchev–Trinajstić information content (AvgIpc) is 1.61. The second kappa shape index (κ2) is 41.1. The van der Waals surface area contributed by atoms with Gasteiger partial charge in [0.2, 0.25) is 17.7 Å². The van der Waals surface area contributed by atoms with E-state index < -0.39 is 34.1 Å². The summed E-state index contributed by atoms with van der Waals surface area (Å²) < 4.78 is 15.5. The third-order valence-electron chi connectivity index (χ3n) is 19.9. The molecule has 4 saturated heterocycles. The maximum atomic E-state index is 13.3. The smallest absolute Gasteiger partial charge is 0.331 e. The molecule has 7 aromatic carbocycles. The molecule has 14 rings (SSSR count). The fraction of sp³-hybridized carbons (Fsp3) is 0.366. The van der Waals surface area contributed by atoms with E-state index in [1.807, 2.05) is 182 Å². The van der Waals surface area contributed by atoms with E-state index in [1.54, 1.807) is 23.6 Å². The number of esters is 2. The molecule has 4 atom stereocenters. The molecule has 0 spiro atoms. The Morgan fingerprint density at radius 2 is 1.00 bits per heavy atom. The van der Waals surface area contributed by atoms with Crippen molar-refractivity contribution in [1.29, 1.82) is 0 Å². The average molecular weight is 1600 g/mol. The molecule has 28 heteroatoms. The number of nitrogens with one attached hydrogen (secondary N) is 4. The first-order valence-corrected chi connectivity index (χ1v) is 39.0. The molecule has 0 saturated carbocycles. The maximum Gasteiger partial charge on any atom is 0.331 e. The van der Waals surface area contributed by atoms with Crippen molar-refractivity contribution in [2.75, 3.05) is 57.7 Å². The van der Waals surface area contributed by atoms with E-state index in [4.69, 9.17) is 20.7 Å². The van der Waals surface area contributed by atoms with Crippen LogP contribution in [0.5, 0.6) is 0 Å². The number of imidazole rings is 3. The summed E-state index contributed by atoms with van der Waals surface area (Å²) >= 11 is 4.10. The standard InChI is InChI=1S/C29H30N4O2S.C17H21N3O3S.C13H13N.C10H10N2O2S.C7H13NO2.C6H11NO2.2ClH/c1-29(27(35)30-19-21-10-8-13-23(18-21)22-11-4-3-5-12-22)16-9-17-33(29)26(34)20-36-28-31-24-14-6-7-15-25(24)32(28)2;1-17(15(22)23-3)9-6-10-20(17)14(21)11-24-16-18-12-7-4-5-8-13(12)19(16)2;14-10-11-5-4-8-13(9-11)12-6-2-1-3-7-12;1-12-8-5-3-2-4-7(8)11-10(12)15-6-9(13)14;1-7(6(9)10-2)4-3-5-8-7;1-6(5(8)9)3-2-4-7-6;;/h3-8,10-15,18H,9,16-17,19-20H2,1-2H3,(H,30,35);4-5,7-8H,6,9-11H2,1-3H3;1-9H,10,14H2;2-5H,6H2,1H3,(H,13,14);8H,3-5H2,1-2H3;7H,2-4H2,1H3,(H,8,9);2*1H/t29-;17-;;;7-;6-;;/m00..00../s1. The minimum absolute atomic E-state index is 0. The van der Waals surface area contributed by atoms with E-state index in [9.17, 15) is 33.6 Å². The van der Waals surface area contributed by atoms with E-state index >= 15 is 0 Å². The summed E-state index contributed by atoms with van der Waals surface area (Å²) in [7, 11) is 8.61. The van der Waals surface area contributed by atoms with E-state index in [0.29, 0.717) is 39.0 Å². The normalized spacial score (nSPS) is 18.7. The lowest BCUT2D eigenvalue weighted by molar-refractivity contribution is -0.683. The first-order valence-electron chi connectivity index (χ1n) is 36.0. The minimum atomic E-state index is -0.848. The number of nitrogens with zero attached hydrogens (tertiary/aromatic N) is 7. The topological polar surface area (TPSA) is 302 Å². The lowest BCUT2D eigenvalue weighted by Crippen LogP contribution is -3.00. The Bertz CT molecular complexity index is 4750. The van der Waals surface area contributed by atoms with Gasteiger partial charge < -0.3 is 72.7 Å². The van der Waals surface area contributed by atoms with Crippen molar-refractivity contribution in [1.82, 2.24) is 49.8 Å². The highest BCUT2D eigenvalue weighted by molar-refractivity contribution is 8.00. The Labute approximate surface area is 667 Å². The molecule has 0 aliphatic carbocycles. The fourth-order valence-electron chi connectivity index (χ4n) is 13.5. The zero-order valence-electron chi connectivity index (χ0n) is 63.6. The fourth-order valence-corrected chi connectivity index (χ4v) is 16.0. The number of ether oxygens (including phenoxy) is 2. The van der Waals surface area contributed by atoms with Crippen molar-refractivity contribution in [3.63, 3.8) is 0 Å². The van der Waals surface area contributed by atoms with E-state index in [1.165, 1.54) is 66.2 Å². The molecule has 4 aliphatic rings. The third-order valence-corrected chi connectivity index (χ3v) is 23.0. The number of aliphatic carboxylic acids is 2. The largest absolute Gasteiger partial charge is 1.00 e. The van der Waals surface area contributed by atoms with Crippen molar-refractivity contribution in [2.24, 2.45) is 26.9 Å². The van der Waals surface area contributed by atoms with Crippen LogP contribution in [-0.4, -0.2) is 166 Å². The number of halogens is 2. The van der Waals surface area contributed by atoms with Gasteiger partial charge in [-0.3, -0.25) is 28.8 Å². The first kappa shape index (κ1) is 88.0. The number of carboxylic acids is 2. The zero-order chi connectivity index (χ0) is 77.6. The zero-order valence-corrected chi connectivity index (χ0v) is 67.7. The quantitative estimate of drug-likeness (QED) is 0.0239. The van der Waals surface area contributed by atoms with Crippen LogP contribution in [0, 0.1) is 0 Å². The monoisotopic (exact) mass is 1590 g/mol. The van der Waals surface area contributed by atoms with Crippen LogP contribution in [-0.2, 0) is 77.3 Å². The lowest BCUT2D eigenvalue weighted by Gasteiger charge is -2.34. The number of hydrogen-bond donors (Lipinski definition) is 7. The lowest BCUT2D eigenvalue weighted by atomic mass is 9.97. The second-order valence-corrected chi connectivity index (χ2v) is 30.4. The van der Waals surface area contributed by atoms with Gasteiger partial charge in [0, 0.05) is 40.3 Å². The molecule has 10 aromatic rings. The summed E-state index contributed by atoms with van der Waals surface area (Å²) in [4.78, 5) is 99.0. The molecule has 4 fully saturated rings. The van der Waals surface area contributed by atoms with Crippen LogP contribution in [0.4, 0.5) is 0 Å². The maximum absolute atomic E-state index is 13.3. The number of H-pyrrole nitrogens is 1. The number of amides is 3. The minimum Gasteiger partial charge on any atom is -1.00 e. The predicted molar refractivity (Wildman–Crippen MR) is 433 cm³/mol. The van der Waals surface area contributed by atoms with Gasteiger partial charge >= 0.3 is 29.0 Å². The number of fused-ring (bicyclic) bond motifs is 3. The number of aromatic nitrogens is 6. The molecule has 23 nitrogen and oxygen atoms in total. The highest BCUT2D eigenvalue weighted by Gasteiger charge is 2.47. The number of carbonyl (C=O) groups excluding carboxylic acids is 5. The van der Waals surface area contributed by atoms with E-state index in [-0.39, 0.29) is 71.7 Å². The molecule has 0 radical (unpaired) electrons. The number of aryl methyl sites for hydroxylation is 3. The van der Waals surface area contributed by atoms with Crippen molar-refractivity contribution in [3.05, 3.63) is 193 Å². The number of carbonyl (C=O) groups is 7. The van der Waals surface area contributed by atoms with Gasteiger partial charge in [-0.1, -0.05) is 157 Å². The SMILES string of the molecule is COC(=O)[C@]1(C)CCCN1.COC(=O)[C@]1(C)CCCN1C(=O)CSc1nc2ccccc2n1C.C[C@@]1(C(=O)O)CCCN1.C[n+]1c(SCC(=O)O)[nH]c2ccccc21.Cl.Cn1c(SCC(=O)N2CCC[C@@]2(C)C(=O)NCc2cccc(-c3ccccc3)c2)nc2ccccc21.NCc1cccc(-c2ccccc2)c1.[Cl-]. The molecule has 4 aliphatic heterocycles.